The first-order valence-electron chi connectivity index (χ1n) is 8.64. The summed E-state index contributed by atoms with van der Waals surface area (Å²) in [6.07, 6.45) is 2.28. The van der Waals surface area contributed by atoms with Crippen molar-refractivity contribution in [2.75, 3.05) is 13.7 Å². The highest BCUT2D eigenvalue weighted by Gasteiger charge is 2.20. The number of unbranched alkanes of at least 4 members (excludes halogenated alkanes) is 2. The molecule has 0 aliphatic heterocycles. The van der Waals surface area contributed by atoms with Crippen molar-refractivity contribution in [3.05, 3.63) is 47.8 Å². The zero-order valence-electron chi connectivity index (χ0n) is 15.1. The van der Waals surface area contributed by atoms with Gasteiger partial charge in [0, 0.05) is 18.5 Å². The summed E-state index contributed by atoms with van der Waals surface area (Å²) in [5.74, 6) is -1.29. The summed E-state index contributed by atoms with van der Waals surface area (Å²) >= 11 is 0. The van der Waals surface area contributed by atoms with Crippen molar-refractivity contribution in [2.24, 2.45) is 0 Å². The predicted molar refractivity (Wildman–Crippen MR) is 98.3 cm³/mol. The van der Waals surface area contributed by atoms with Gasteiger partial charge in [0.25, 0.3) is 5.91 Å². The third kappa shape index (κ3) is 5.68. The van der Waals surface area contributed by atoms with Gasteiger partial charge in [-0.15, -0.1) is 0 Å². The first-order valence-corrected chi connectivity index (χ1v) is 8.64. The largest absolute Gasteiger partial charge is 0.464 e. The molecular weight excluding hydrogens is 350 g/mol. The Labute approximate surface area is 156 Å². The fourth-order valence-electron chi connectivity index (χ4n) is 2.63. The number of amides is 2. The van der Waals surface area contributed by atoms with Crippen molar-refractivity contribution in [1.29, 1.82) is 0 Å². The first-order chi connectivity index (χ1) is 13.1. The van der Waals surface area contributed by atoms with Crippen LogP contribution in [0.25, 0.3) is 11.1 Å². The van der Waals surface area contributed by atoms with E-state index in [1.54, 1.807) is 11.5 Å². The quantitative estimate of drug-likeness (QED) is 0.233. The lowest BCUT2D eigenvalue weighted by Gasteiger charge is -2.06. The lowest BCUT2D eigenvalue weighted by molar-refractivity contribution is -0.129. The average Bonchev–Trinajstić information content (AvgIpc) is 3.15. The summed E-state index contributed by atoms with van der Waals surface area (Å²) in [4.78, 5) is 38.1. The molecule has 27 heavy (non-hydrogen) atoms. The highest BCUT2D eigenvalue weighted by atomic mass is 16.5. The molecule has 8 nitrogen and oxygen atoms in total. The minimum absolute atomic E-state index is 0.205. The van der Waals surface area contributed by atoms with Crippen LogP contribution in [-0.2, 0) is 9.53 Å². The molecule has 1 aromatic carbocycles. The van der Waals surface area contributed by atoms with Crippen LogP contribution in [0, 0.1) is 0 Å². The molecule has 0 unspecified atom stereocenters. The molecule has 8 heteroatoms. The third-order valence-electron chi connectivity index (χ3n) is 4.03. The zero-order valence-corrected chi connectivity index (χ0v) is 15.1. The summed E-state index contributed by atoms with van der Waals surface area (Å²) in [6, 6.07) is 10.9. The van der Waals surface area contributed by atoms with Gasteiger partial charge in [0.2, 0.25) is 5.91 Å². The number of esters is 1. The van der Waals surface area contributed by atoms with Crippen molar-refractivity contribution in [3.8, 4) is 11.1 Å². The van der Waals surface area contributed by atoms with E-state index in [-0.39, 0.29) is 18.0 Å². The number of benzene rings is 1. The summed E-state index contributed by atoms with van der Waals surface area (Å²) in [5.41, 5.74) is 3.51. The van der Waals surface area contributed by atoms with Gasteiger partial charge in [-0.05, 0) is 24.5 Å². The Morgan fingerprint density at radius 1 is 1.11 bits per heavy atom. The molecular formula is C19H23N3O5. The summed E-state index contributed by atoms with van der Waals surface area (Å²) in [5, 5.41) is 11.2. The number of methoxy groups -OCH3 is 1. The first kappa shape index (κ1) is 20.2. The van der Waals surface area contributed by atoms with Gasteiger partial charge in [0.1, 0.15) is 11.4 Å². The Kier molecular flexibility index (Phi) is 7.57. The van der Waals surface area contributed by atoms with E-state index >= 15 is 0 Å². The molecule has 144 valence electrons. The van der Waals surface area contributed by atoms with Crippen molar-refractivity contribution < 1.29 is 24.3 Å². The third-order valence-corrected chi connectivity index (χ3v) is 4.03. The van der Waals surface area contributed by atoms with Crippen LogP contribution >= 0.6 is 0 Å². The summed E-state index contributed by atoms with van der Waals surface area (Å²) < 4.78 is 4.72. The lowest BCUT2D eigenvalue weighted by Crippen LogP contribution is -2.25. The molecule has 0 aliphatic rings. The zero-order chi connectivity index (χ0) is 19.6. The second-order valence-corrected chi connectivity index (χ2v) is 5.93. The minimum atomic E-state index is -0.548. The Morgan fingerprint density at radius 2 is 1.85 bits per heavy atom. The predicted octanol–water partition coefficient (Wildman–Crippen LogP) is 2.26. The summed E-state index contributed by atoms with van der Waals surface area (Å²) in [6.45, 7) is 0.431. The number of ether oxygens (including phenoxy) is 1. The van der Waals surface area contributed by atoms with Crippen molar-refractivity contribution in [2.45, 2.75) is 25.7 Å². The maximum atomic E-state index is 12.6. The highest BCUT2D eigenvalue weighted by Crippen LogP contribution is 2.25. The molecule has 2 amide bonds. The number of hydrogen-bond acceptors (Lipinski definition) is 5. The van der Waals surface area contributed by atoms with Gasteiger partial charge in [-0.3, -0.25) is 14.8 Å². The molecule has 0 aliphatic carbocycles. The number of nitrogens with one attached hydrogen (secondary N) is 3. The second kappa shape index (κ2) is 10.1. The number of H-pyrrole nitrogens is 1. The maximum Gasteiger partial charge on any atom is 0.354 e. The number of rotatable bonds is 9. The van der Waals surface area contributed by atoms with Gasteiger partial charge in [-0.25, -0.2) is 10.3 Å². The number of aromatic nitrogens is 1. The molecule has 2 rings (SSSR count). The van der Waals surface area contributed by atoms with Crippen molar-refractivity contribution in [1.82, 2.24) is 15.8 Å². The van der Waals surface area contributed by atoms with Gasteiger partial charge in [-0.2, -0.15) is 0 Å². The molecule has 0 fully saturated rings. The van der Waals surface area contributed by atoms with Gasteiger partial charge in [-0.1, -0.05) is 36.8 Å². The molecule has 4 N–H and O–H groups in total. The van der Waals surface area contributed by atoms with Crippen LogP contribution in [0.2, 0.25) is 0 Å². The van der Waals surface area contributed by atoms with Crippen LogP contribution in [0.1, 0.15) is 46.7 Å². The Bertz CT molecular complexity index is 786. The number of carbonyl (C=O) groups is 3. The van der Waals surface area contributed by atoms with E-state index in [0.717, 1.165) is 12.0 Å². The smallest absolute Gasteiger partial charge is 0.354 e. The Morgan fingerprint density at radius 3 is 2.52 bits per heavy atom. The van der Waals surface area contributed by atoms with E-state index in [9.17, 15) is 14.4 Å². The van der Waals surface area contributed by atoms with Crippen LogP contribution in [0.5, 0.6) is 0 Å². The van der Waals surface area contributed by atoms with E-state index < -0.39 is 11.9 Å². The topological polar surface area (TPSA) is 121 Å². The minimum Gasteiger partial charge on any atom is -0.464 e. The molecule has 1 heterocycles. The lowest BCUT2D eigenvalue weighted by atomic mass is 10.1. The average molecular weight is 373 g/mol. The molecule has 0 saturated carbocycles. The highest BCUT2D eigenvalue weighted by molar-refractivity contribution is 6.02. The normalized spacial score (nSPS) is 10.3. The van der Waals surface area contributed by atoms with Gasteiger partial charge in [0.05, 0.1) is 7.11 Å². The van der Waals surface area contributed by atoms with E-state index in [0.29, 0.717) is 30.6 Å². The van der Waals surface area contributed by atoms with Crippen LogP contribution in [0.15, 0.2) is 36.4 Å². The second-order valence-electron chi connectivity index (χ2n) is 5.93. The molecule has 1 aromatic heterocycles. The molecule has 2 aromatic rings. The van der Waals surface area contributed by atoms with Crippen LogP contribution in [0.4, 0.5) is 0 Å². The van der Waals surface area contributed by atoms with E-state index in [2.05, 4.69) is 10.3 Å². The monoisotopic (exact) mass is 373 g/mol. The Hall–Kier alpha value is -3.13. The van der Waals surface area contributed by atoms with E-state index in [4.69, 9.17) is 9.94 Å². The number of carbonyl (C=O) groups excluding carboxylic acids is 3. The Balaban J connectivity index is 2.01. The standard InChI is InChI=1S/C19H23N3O5/c1-27-19(25)15-12-14(13-8-4-2-5-9-13)17(21-15)18(24)20-11-7-3-6-10-16(23)22-26/h2,4-5,8-9,12,21,26H,3,6-7,10-11H2,1H3,(H,20,24)(H,22,23). The van der Waals surface area contributed by atoms with Crippen molar-refractivity contribution in [3.63, 3.8) is 0 Å². The van der Waals surface area contributed by atoms with Gasteiger partial charge >= 0.3 is 5.97 Å². The number of hydrogen-bond donors (Lipinski definition) is 4. The van der Waals surface area contributed by atoms with Crippen LogP contribution in [0.3, 0.4) is 0 Å². The van der Waals surface area contributed by atoms with Crippen LogP contribution < -0.4 is 10.8 Å². The van der Waals surface area contributed by atoms with Gasteiger partial charge in [0.15, 0.2) is 0 Å². The number of hydroxylamine groups is 1. The van der Waals surface area contributed by atoms with Crippen LogP contribution in [-0.4, -0.2) is 41.6 Å². The molecule has 0 spiro atoms. The molecule has 0 saturated heterocycles. The molecule has 0 radical (unpaired) electrons. The summed E-state index contributed by atoms with van der Waals surface area (Å²) in [7, 11) is 1.28. The molecule has 0 bridgehead atoms. The fourth-order valence-corrected chi connectivity index (χ4v) is 2.63. The van der Waals surface area contributed by atoms with E-state index in [1.807, 2.05) is 30.3 Å². The fraction of sp³-hybridized carbons (Fsp3) is 0.316. The van der Waals surface area contributed by atoms with Crippen molar-refractivity contribution >= 4 is 17.8 Å². The maximum absolute atomic E-state index is 12.6. The van der Waals surface area contributed by atoms with E-state index in [1.165, 1.54) is 7.11 Å². The number of aromatic amines is 1. The van der Waals surface area contributed by atoms with Gasteiger partial charge < -0.3 is 15.0 Å². The SMILES string of the molecule is COC(=O)c1cc(-c2ccccc2)c(C(=O)NCCCCCC(=O)NO)[nH]1. The molecule has 0 atom stereocenters.